The number of carbonyl (C=O) groups is 1. The lowest BCUT2D eigenvalue weighted by molar-refractivity contribution is 0.0936. The largest absolute Gasteiger partial charge is 0.383 e. The second-order valence-electron chi connectivity index (χ2n) is 2.62. The number of amides is 1. The van der Waals surface area contributed by atoms with Gasteiger partial charge in [0, 0.05) is 31.5 Å². The van der Waals surface area contributed by atoms with E-state index in [1.54, 1.807) is 0 Å². The minimum Gasteiger partial charge on any atom is -0.383 e. The lowest BCUT2D eigenvalue weighted by Gasteiger charge is -2.03. The van der Waals surface area contributed by atoms with Gasteiger partial charge in [0.15, 0.2) is 0 Å². The van der Waals surface area contributed by atoms with Gasteiger partial charge in [-0.3, -0.25) is 4.79 Å². The van der Waals surface area contributed by atoms with Crippen molar-refractivity contribution < 1.29 is 13.9 Å². The van der Waals surface area contributed by atoms with E-state index in [4.69, 9.17) is 4.74 Å². The van der Waals surface area contributed by atoms with Crippen LogP contribution in [0.2, 0.25) is 0 Å². The van der Waals surface area contributed by atoms with Crippen LogP contribution in [0.4, 0.5) is 4.39 Å². The summed E-state index contributed by atoms with van der Waals surface area (Å²) >= 11 is 0. The van der Waals surface area contributed by atoms with Gasteiger partial charge in [-0.25, -0.2) is 4.98 Å². The Balaban J connectivity index is 2.52. The van der Waals surface area contributed by atoms with Gasteiger partial charge in [-0.1, -0.05) is 0 Å². The Labute approximate surface area is 81.1 Å². The lowest BCUT2D eigenvalue weighted by atomic mass is 10.2. The number of methoxy groups -OCH3 is 1. The molecule has 1 heterocycles. The molecule has 0 aliphatic rings. The molecule has 0 fully saturated rings. The van der Waals surface area contributed by atoms with Gasteiger partial charge in [0.1, 0.15) is 0 Å². The molecule has 0 saturated heterocycles. The van der Waals surface area contributed by atoms with Crippen LogP contribution in [0.3, 0.4) is 0 Å². The topological polar surface area (TPSA) is 51.2 Å². The summed E-state index contributed by atoms with van der Waals surface area (Å²) in [6.07, 6.45) is 1.25. The predicted octanol–water partition coefficient (Wildman–Crippen LogP) is 0.597. The molecular weight excluding hydrogens is 187 g/mol. The van der Waals surface area contributed by atoms with Crippen molar-refractivity contribution in [2.75, 3.05) is 20.3 Å². The molecule has 0 aliphatic carbocycles. The number of nitrogens with zero attached hydrogens (tertiary/aromatic N) is 1. The van der Waals surface area contributed by atoms with Crippen molar-refractivity contribution in [2.24, 2.45) is 0 Å². The van der Waals surface area contributed by atoms with Gasteiger partial charge in [0.25, 0.3) is 5.91 Å². The Morgan fingerprint density at radius 2 is 2.50 bits per heavy atom. The Morgan fingerprint density at radius 1 is 1.71 bits per heavy atom. The molecule has 5 heteroatoms. The molecule has 1 N–H and O–H groups in total. The number of hydrogen-bond donors (Lipinski definition) is 1. The molecule has 1 rings (SSSR count). The standard InChI is InChI=1S/C9H11FN2O2/c1-14-5-4-12-9(13)7-2-3-11-8(10)6-7/h2-3,6H,4-5H2,1H3,(H,12,13). The van der Waals surface area contributed by atoms with Crippen LogP contribution in [0.5, 0.6) is 0 Å². The highest BCUT2D eigenvalue weighted by Crippen LogP contribution is 1.99. The molecule has 4 nitrogen and oxygen atoms in total. The molecule has 0 atom stereocenters. The Kier molecular flexibility index (Phi) is 4.00. The van der Waals surface area contributed by atoms with E-state index in [1.807, 2.05) is 0 Å². The summed E-state index contributed by atoms with van der Waals surface area (Å²) in [6, 6.07) is 2.54. The minimum absolute atomic E-state index is 0.258. The summed E-state index contributed by atoms with van der Waals surface area (Å²) in [6.45, 7) is 0.832. The summed E-state index contributed by atoms with van der Waals surface area (Å²) in [4.78, 5) is 14.7. The smallest absolute Gasteiger partial charge is 0.251 e. The zero-order chi connectivity index (χ0) is 10.4. The molecule has 0 saturated carbocycles. The Hall–Kier alpha value is -1.49. The van der Waals surface area contributed by atoms with Crippen molar-refractivity contribution in [3.63, 3.8) is 0 Å². The quantitative estimate of drug-likeness (QED) is 0.569. The van der Waals surface area contributed by atoms with Gasteiger partial charge in [-0.2, -0.15) is 4.39 Å². The summed E-state index contributed by atoms with van der Waals surface area (Å²) in [5, 5.41) is 2.57. The summed E-state index contributed by atoms with van der Waals surface area (Å²) in [5.74, 6) is -0.993. The minimum atomic E-state index is -0.663. The second-order valence-corrected chi connectivity index (χ2v) is 2.62. The number of rotatable bonds is 4. The normalized spacial score (nSPS) is 9.86. The fourth-order valence-corrected chi connectivity index (χ4v) is 0.912. The molecule has 0 aromatic carbocycles. The molecule has 0 radical (unpaired) electrons. The molecular formula is C9H11FN2O2. The lowest BCUT2D eigenvalue weighted by Crippen LogP contribution is -2.27. The van der Waals surface area contributed by atoms with Gasteiger partial charge in [0.2, 0.25) is 5.95 Å². The molecule has 76 valence electrons. The van der Waals surface area contributed by atoms with Crippen molar-refractivity contribution in [1.82, 2.24) is 10.3 Å². The average molecular weight is 198 g/mol. The van der Waals surface area contributed by atoms with Crippen molar-refractivity contribution >= 4 is 5.91 Å². The van der Waals surface area contributed by atoms with Crippen molar-refractivity contribution in [3.05, 3.63) is 29.8 Å². The van der Waals surface area contributed by atoms with Gasteiger partial charge < -0.3 is 10.1 Å². The number of hydrogen-bond acceptors (Lipinski definition) is 3. The zero-order valence-corrected chi connectivity index (χ0v) is 7.79. The first-order chi connectivity index (χ1) is 6.74. The maximum atomic E-state index is 12.6. The van der Waals surface area contributed by atoms with E-state index in [0.29, 0.717) is 13.2 Å². The highest BCUT2D eigenvalue weighted by Gasteiger charge is 2.05. The van der Waals surface area contributed by atoms with Crippen LogP contribution in [-0.2, 0) is 4.74 Å². The van der Waals surface area contributed by atoms with E-state index < -0.39 is 5.95 Å². The highest BCUT2D eigenvalue weighted by molar-refractivity contribution is 5.93. The predicted molar refractivity (Wildman–Crippen MR) is 48.4 cm³/mol. The summed E-state index contributed by atoms with van der Waals surface area (Å²) in [7, 11) is 1.54. The van der Waals surface area contributed by atoms with Crippen LogP contribution in [0.25, 0.3) is 0 Å². The van der Waals surface area contributed by atoms with Crippen LogP contribution >= 0.6 is 0 Å². The highest BCUT2D eigenvalue weighted by atomic mass is 19.1. The number of pyridine rings is 1. The van der Waals surface area contributed by atoms with Gasteiger partial charge in [-0.05, 0) is 6.07 Å². The molecule has 1 aromatic heterocycles. The third kappa shape index (κ3) is 3.10. The van der Waals surface area contributed by atoms with Crippen molar-refractivity contribution in [1.29, 1.82) is 0 Å². The Morgan fingerprint density at radius 3 is 3.14 bits per heavy atom. The SMILES string of the molecule is COCCNC(=O)c1ccnc(F)c1. The van der Waals surface area contributed by atoms with Crippen LogP contribution < -0.4 is 5.32 Å². The van der Waals surface area contributed by atoms with Crippen LogP contribution in [-0.4, -0.2) is 31.2 Å². The first-order valence-corrected chi connectivity index (χ1v) is 4.12. The van der Waals surface area contributed by atoms with Crippen molar-refractivity contribution in [2.45, 2.75) is 0 Å². The molecule has 1 amide bonds. The van der Waals surface area contributed by atoms with Crippen LogP contribution in [0.15, 0.2) is 18.3 Å². The van der Waals surface area contributed by atoms with E-state index in [2.05, 4.69) is 10.3 Å². The first-order valence-electron chi connectivity index (χ1n) is 4.12. The van der Waals surface area contributed by atoms with Crippen LogP contribution in [0, 0.1) is 5.95 Å². The number of halogens is 1. The Bertz CT molecular complexity index is 317. The summed E-state index contributed by atoms with van der Waals surface area (Å²) < 4.78 is 17.4. The van der Waals surface area contributed by atoms with Gasteiger partial charge in [-0.15, -0.1) is 0 Å². The van der Waals surface area contributed by atoms with Crippen molar-refractivity contribution in [3.8, 4) is 0 Å². The molecule has 1 aromatic rings. The fraction of sp³-hybridized carbons (Fsp3) is 0.333. The third-order valence-corrected chi connectivity index (χ3v) is 1.58. The molecule has 0 aliphatic heterocycles. The summed E-state index contributed by atoms with van der Waals surface area (Å²) in [5.41, 5.74) is 0.258. The van der Waals surface area contributed by atoms with Crippen LogP contribution in [0.1, 0.15) is 10.4 Å². The molecule has 0 spiro atoms. The van der Waals surface area contributed by atoms with E-state index in [9.17, 15) is 9.18 Å². The van der Waals surface area contributed by atoms with E-state index >= 15 is 0 Å². The number of ether oxygens (including phenoxy) is 1. The maximum absolute atomic E-state index is 12.6. The van der Waals surface area contributed by atoms with E-state index in [-0.39, 0.29) is 11.5 Å². The zero-order valence-electron chi connectivity index (χ0n) is 7.79. The molecule has 14 heavy (non-hydrogen) atoms. The maximum Gasteiger partial charge on any atom is 0.251 e. The first kappa shape index (κ1) is 10.6. The van der Waals surface area contributed by atoms with E-state index in [1.165, 1.54) is 19.4 Å². The second kappa shape index (κ2) is 5.29. The molecule has 0 unspecified atom stereocenters. The fourth-order valence-electron chi connectivity index (χ4n) is 0.912. The number of nitrogens with one attached hydrogen (secondary N) is 1. The van der Waals surface area contributed by atoms with Gasteiger partial charge in [0.05, 0.1) is 6.61 Å². The van der Waals surface area contributed by atoms with E-state index in [0.717, 1.165) is 6.07 Å². The average Bonchev–Trinajstić information content (AvgIpc) is 2.18. The molecule has 0 bridgehead atoms. The number of carbonyl (C=O) groups excluding carboxylic acids is 1. The number of aromatic nitrogens is 1. The monoisotopic (exact) mass is 198 g/mol. The third-order valence-electron chi connectivity index (χ3n) is 1.58. The van der Waals surface area contributed by atoms with Gasteiger partial charge >= 0.3 is 0 Å².